The van der Waals surface area contributed by atoms with E-state index in [1.54, 1.807) is 6.26 Å². The van der Waals surface area contributed by atoms with Gasteiger partial charge in [0.2, 0.25) is 5.91 Å². The summed E-state index contributed by atoms with van der Waals surface area (Å²) in [5.41, 5.74) is 0. The minimum atomic E-state index is 0.285. The van der Waals surface area contributed by atoms with E-state index >= 15 is 0 Å². The van der Waals surface area contributed by atoms with E-state index < -0.39 is 0 Å². The van der Waals surface area contributed by atoms with Crippen molar-refractivity contribution in [1.82, 2.24) is 4.90 Å². The highest BCUT2D eigenvalue weighted by molar-refractivity contribution is 5.76. The van der Waals surface area contributed by atoms with E-state index in [-0.39, 0.29) is 5.91 Å². The summed E-state index contributed by atoms with van der Waals surface area (Å²) in [5.74, 6) is 1.19. The van der Waals surface area contributed by atoms with Crippen LogP contribution in [-0.4, -0.2) is 23.4 Å². The van der Waals surface area contributed by atoms with Gasteiger partial charge in [0.1, 0.15) is 5.76 Å². The van der Waals surface area contributed by atoms with Gasteiger partial charge in [-0.25, -0.2) is 0 Å². The lowest BCUT2D eigenvalue weighted by Crippen LogP contribution is -2.43. The summed E-state index contributed by atoms with van der Waals surface area (Å²) in [4.78, 5) is 14.2. The predicted molar refractivity (Wildman–Crippen MR) is 66.7 cm³/mol. The summed E-state index contributed by atoms with van der Waals surface area (Å²) in [5, 5.41) is 0. The van der Waals surface area contributed by atoms with Crippen molar-refractivity contribution in [2.75, 3.05) is 6.54 Å². The van der Waals surface area contributed by atoms with Crippen LogP contribution in [0.1, 0.15) is 44.8 Å². The molecule has 1 aromatic heterocycles. The first-order valence-corrected chi connectivity index (χ1v) is 6.63. The highest BCUT2D eigenvalue weighted by Gasteiger charge is 2.24. The molecule has 3 nitrogen and oxygen atoms in total. The summed E-state index contributed by atoms with van der Waals surface area (Å²) in [6, 6.07) is 4.27. The van der Waals surface area contributed by atoms with E-state index in [4.69, 9.17) is 4.42 Å². The van der Waals surface area contributed by atoms with Gasteiger partial charge in [-0.3, -0.25) is 4.79 Å². The molecule has 1 atom stereocenters. The first kappa shape index (κ1) is 12.2. The average Bonchev–Trinajstić information content (AvgIpc) is 2.89. The standard InChI is InChI=1S/C14H21NO2/c1-2-12-6-3-4-10-15(12)14(16)9-8-13-7-5-11-17-13/h5,7,11-12H,2-4,6,8-10H2,1H3. The van der Waals surface area contributed by atoms with Crippen molar-refractivity contribution in [2.24, 2.45) is 0 Å². The molecule has 0 aromatic carbocycles. The monoisotopic (exact) mass is 235 g/mol. The number of aryl methyl sites for hydroxylation is 1. The number of carbonyl (C=O) groups excluding carboxylic acids is 1. The molecule has 1 fully saturated rings. The van der Waals surface area contributed by atoms with Gasteiger partial charge in [0.15, 0.2) is 0 Å². The van der Waals surface area contributed by atoms with Gasteiger partial charge in [0.25, 0.3) is 0 Å². The van der Waals surface area contributed by atoms with Crippen molar-refractivity contribution >= 4 is 5.91 Å². The first-order valence-electron chi connectivity index (χ1n) is 6.63. The second kappa shape index (κ2) is 5.89. The van der Waals surface area contributed by atoms with Gasteiger partial charge >= 0.3 is 0 Å². The Morgan fingerprint density at radius 1 is 1.53 bits per heavy atom. The zero-order chi connectivity index (χ0) is 12.1. The van der Waals surface area contributed by atoms with E-state index in [2.05, 4.69) is 11.8 Å². The zero-order valence-corrected chi connectivity index (χ0v) is 10.5. The lowest BCUT2D eigenvalue weighted by Gasteiger charge is -2.35. The Morgan fingerprint density at radius 2 is 2.41 bits per heavy atom. The maximum atomic E-state index is 12.1. The van der Waals surface area contributed by atoms with Crippen LogP contribution in [0, 0.1) is 0 Å². The molecule has 1 aromatic rings. The van der Waals surface area contributed by atoms with Crippen LogP contribution in [0.4, 0.5) is 0 Å². The number of nitrogens with zero attached hydrogens (tertiary/aromatic N) is 1. The van der Waals surface area contributed by atoms with Crippen LogP contribution in [0.5, 0.6) is 0 Å². The number of amides is 1. The van der Waals surface area contributed by atoms with Crippen LogP contribution in [-0.2, 0) is 11.2 Å². The molecule has 0 aliphatic carbocycles. The van der Waals surface area contributed by atoms with Crippen LogP contribution < -0.4 is 0 Å². The van der Waals surface area contributed by atoms with Gasteiger partial charge < -0.3 is 9.32 Å². The number of furan rings is 1. The molecule has 0 spiro atoms. The molecule has 2 rings (SSSR count). The van der Waals surface area contributed by atoms with Crippen LogP contribution in [0.2, 0.25) is 0 Å². The third-order valence-corrected chi connectivity index (χ3v) is 3.58. The number of piperidine rings is 1. The van der Waals surface area contributed by atoms with Gasteiger partial charge in [0.05, 0.1) is 6.26 Å². The highest BCUT2D eigenvalue weighted by atomic mass is 16.3. The normalized spacial score (nSPS) is 20.5. The number of hydrogen-bond acceptors (Lipinski definition) is 2. The largest absolute Gasteiger partial charge is 0.469 e. The Kier molecular flexibility index (Phi) is 4.24. The maximum Gasteiger partial charge on any atom is 0.223 e. The van der Waals surface area contributed by atoms with E-state index in [0.717, 1.165) is 31.6 Å². The molecule has 0 bridgehead atoms. The quantitative estimate of drug-likeness (QED) is 0.803. The molecule has 0 N–H and O–H groups in total. The summed E-state index contributed by atoms with van der Waals surface area (Å²) in [7, 11) is 0. The molecule has 1 aliphatic rings. The van der Waals surface area contributed by atoms with E-state index in [1.807, 2.05) is 12.1 Å². The van der Waals surface area contributed by atoms with Crippen LogP contribution in [0.3, 0.4) is 0 Å². The summed E-state index contributed by atoms with van der Waals surface area (Å²) < 4.78 is 5.25. The number of rotatable bonds is 4. The van der Waals surface area contributed by atoms with Gasteiger partial charge in [-0.15, -0.1) is 0 Å². The lowest BCUT2D eigenvalue weighted by atomic mass is 9.99. The fraction of sp³-hybridized carbons (Fsp3) is 0.643. The first-order chi connectivity index (χ1) is 8.31. The van der Waals surface area contributed by atoms with Crippen molar-refractivity contribution in [1.29, 1.82) is 0 Å². The number of hydrogen-bond donors (Lipinski definition) is 0. The lowest BCUT2D eigenvalue weighted by molar-refractivity contribution is -0.135. The van der Waals surface area contributed by atoms with E-state index in [9.17, 15) is 4.79 Å². The topological polar surface area (TPSA) is 33.5 Å². The third-order valence-electron chi connectivity index (χ3n) is 3.58. The molecular weight excluding hydrogens is 214 g/mol. The Morgan fingerprint density at radius 3 is 3.12 bits per heavy atom. The highest BCUT2D eigenvalue weighted by Crippen LogP contribution is 2.20. The molecule has 3 heteroatoms. The summed E-state index contributed by atoms with van der Waals surface area (Å²) in [6.07, 6.45) is 7.62. The smallest absolute Gasteiger partial charge is 0.223 e. The molecule has 94 valence electrons. The fourth-order valence-corrected chi connectivity index (χ4v) is 2.58. The molecule has 1 unspecified atom stereocenters. The second-order valence-electron chi connectivity index (χ2n) is 4.72. The van der Waals surface area contributed by atoms with Gasteiger partial charge in [-0.05, 0) is 37.8 Å². The molecule has 1 saturated heterocycles. The predicted octanol–water partition coefficient (Wildman–Crippen LogP) is 3.00. The molecule has 1 aliphatic heterocycles. The third kappa shape index (κ3) is 3.11. The number of likely N-dealkylation sites (tertiary alicyclic amines) is 1. The van der Waals surface area contributed by atoms with E-state index in [1.165, 1.54) is 12.8 Å². The Hall–Kier alpha value is -1.25. The molecular formula is C14H21NO2. The van der Waals surface area contributed by atoms with Crippen molar-refractivity contribution in [3.8, 4) is 0 Å². The van der Waals surface area contributed by atoms with Gasteiger partial charge in [-0.2, -0.15) is 0 Å². The summed E-state index contributed by atoms with van der Waals surface area (Å²) in [6.45, 7) is 3.11. The van der Waals surface area contributed by atoms with E-state index in [0.29, 0.717) is 12.5 Å². The molecule has 2 heterocycles. The van der Waals surface area contributed by atoms with Crippen LogP contribution >= 0.6 is 0 Å². The maximum absolute atomic E-state index is 12.1. The second-order valence-corrected chi connectivity index (χ2v) is 4.72. The number of carbonyl (C=O) groups is 1. The minimum Gasteiger partial charge on any atom is -0.469 e. The van der Waals surface area contributed by atoms with Crippen LogP contribution in [0.15, 0.2) is 22.8 Å². The molecule has 0 radical (unpaired) electrons. The van der Waals surface area contributed by atoms with Crippen molar-refractivity contribution in [2.45, 2.75) is 51.5 Å². The average molecular weight is 235 g/mol. The van der Waals surface area contributed by atoms with Gasteiger partial charge in [-0.1, -0.05) is 6.92 Å². The van der Waals surface area contributed by atoms with Crippen molar-refractivity contribution in [3.05, 3.63) is 24.2 Å². The van der Waals surface area contributed by atoms with Crippen molar-refractivity contribution < 1.29 is 9.21 Å². The van der Waals surface area contributed by atoms with Gasteiger partial charge in [0, 0.05) is 25.4 Å². The molecule has 1 amide bonds. The Labute approximate surface area is 103 Å². The Bertz CT molecular complexity index is 345. The zero-order valence-electron chi connectivity index (χ0n) is 10.5. The van der Waals surface area contributed by atoms with Crippen molar-refractivity contribution in [3.63, 3.8) is 0 Å². The van der Waals surface area contributed by atoms with Crippen LogP contribution in [0.25, 0.3) is 0 Å². The Balaban J connectivity index is 1.85. The minimum absolute atomic E-state index is 0.285. The fourth-order valence-electron chi connectivity index (χ4n) is 2.58. The summed E-state index contributed by atoms with van der Waals surface area (Å²) >= 11 is 0. The SMILES string of the molecule is CCC1CCCCN1C(=O)CCc1ccco1. The molecule has 17 heavy (non-hydrogen) atoms. The molecule has 0 saturated carbocycles.